The minimum atomic E-state index is -0.172. The summed E-state index contributed by atoms with van der Waals surface area (Å²) >= 11 is 0. The fraction of sp³-hybridized carbons (Fsp3) is 0.500. The Bertz CT molecular complexity index is 685. The molecule has 0 aliphatic carbocycles. The highest BCUT2D eigenvalue weighted by molar-refractivity contribution is 5.74. The highest BCUT2D eigenvalue weighted by Crippen LogP contribution is 2.18. The van der Waals surface area contributed by atoms with Crippen LogP contribution in [-0.4, -0.2) is 53.6 Å². The lowest BCUT2D eigenvalue weighted by molar-refractivity contribution is 0.122. The van der Waals surface area contributed by atoms with Gasteiger partial charge in [0.1, 0.15) is 5.82 Å². The molecule has 0 spiro atoms. The average molecular weight is 358 g/mol. The fourth-order valence-corrected chi connectivity index (χ4v) is 2.93. The Morgan fingerprint density at radius 3 is 2.88 bits per heavy atom. The largest absolute Gasteiger partial charge is 0.378 e. The van der Waals surface area contributed by atoms with Gasteiger partial charge in [-0.3, -0.25) is 4.68 Å². The second-order valence-electron chi connectivity index (χ2n) is 6.48. The molecule has 1 atom stereocenters. The average Bonchev–Trinajstić information content (AvgIpc) is 3.18. The molecule has 0 bridgehead atoms. The lowest BCUT2D eigenvalue weighted by atomic mass is 10.2. The third-order valence-corrected chi connectivity index (χ3v) is 4.29. The zero-order valence-electron chi connectivity index (χ0n) is 15.1. The fourth-order valence-electron chi connectivity index (χ4n) is 2.93. The van der Waals surface area contributed by atoms with E-state index in [1.54, 1.807) is 12.4 Å². The normalized spacial score (nSPS) is 15.5. The third-order valence-electron chi connectivity index (χ3n) is 4.29. The maximum Gasteiger partial charge on any atom is 0.315 e. The van der Waals surface area contributed by atoms with Crippen LogP contribution in [0.15, 0.2) is 36.8 Å². The van der Waals surface area contributed by atoms with Crippen LogP contribution >= 0.6 is 0 Å². The molecule has 1 fully saturated rings. The highest BCUT2D eigenvalue weighted by Gasteiger charge is 2.16. The topological polar surface area (TPSA) is 84.3 Å². The first kappa shape index (κ1) is 18.2. The minimum Gasteiger partial charge on any atom is -0.378 e. The molecule has 1 aliphatic rings. The maximum atomic E-state index is 12.1. The van der Waals surface area contributed by atoms with Crippen LogP contribution in [0.2, 0.25) is 0 Å². The molecule has 3 heterocycles. The first-order valence-corrected chi connectivity index (χ1v) is 8.98. The van der Waals surface area contributed by atoms with E-state index in [0.29, 0.717) is 32.2 Å². The van der Waals surface area contributed by atoms with Gasteiger partial charge >= 0.3 is 6.03 Å². The smallest absolute Gasteiger partial charge is 0.315 e. The number of ether oxygens (including phenoxy) is 1. The number of anilines is 1. The number of pyridine rings is 1. The summed E-state index contributed by atoms with van der Waals surface area (Å²) in [5.74, 6) is 1.21. The third kappa shape index (κ3) is 5.19. The van der Waals surface area contributed by atoms with E-state index in [4.69, 9.17) is 4.74 Å². The molecule has 2 amide bonds. The second kappa shape index (κ2) is 9.19. The van der Waals surface area contributed by atoms with Crippen molar-refractivity contribution in [3.8, 4) is 0 Å². The summed E-state index contributed by atoms with van der Waals surface area (Å²) < 4.78 is 7.27. The van der Waals surface area contributed by atoms with Crippen LogP contribution < -0.4 is 15.5 Å². The molecule has 140 valence electrons. The molecule has 2 aromatic heterocycles. The molecular formula is C18H26N6O2. The van der Waals surface area contributed by atoms with Crippen LogP contribution in [-0.2, 0) is 17.8 Å². The van der Waals surface area contributed by atoms with Crippen LogP contribution in [0, 0.1) is 5.92 Å². The number of hydrogen-bond donors (Lipinski definition) is 2. The van der Waals surface area contributed by atoms with E-state index in [1.165, 1.54) is 0 Å². The molecule has 8 heteroatoms. The Balaban J connectivity index is 1.45. The number of amides is 2. The number of rotatable bonds is 7. The van der Waals surface area contributed by atoms with Gasteiger partial charge in [-0.05, 0) is 18.1 Å². The van der Waals surface area contributed by atoms with Crippen LogP contribution in [0.5, 0.6) is 0 Å². The van der Waals surface area contributed by atoms with Gasteiger partial charge in [0.2, 0.25) is 0 Å². The first-order valence-electron chi connectivity index (χ1n) is 8.98. The molecular weight excluding hydrogens is 332 g/mol. The number of nitrogens with one attached hydrogen (secondary N) is 2. The van der Waals surface area contributed by atoms with Crippen LogP contribution in [0.4, 0.5) is 10.6 Å². The number of hydrogen-bond acceptors (Lipinski definition) is 5. The second-order valence-corrected chi connectivity index (χ2v) is 6.48. The quantitative estimate of drug-likeness (QED) is 0.778. The predicted octanol–water partition coefficient (Wildman–Crippen LogP) is 1.25. The highest BCUT2D eigenvalue weighted by atomic mass is 16.5. The van der Waals surface area contributed by atoms with Gasteiger partial charge in [0.05, 0.1) is 13.2 Å². The summed E-state index contributed by atoms with van der Waals surface area (Å²) in [5.41, 5.74) is 1.01. The number of nitrogens with zero attached hydrogens (tertiary/aromatic N) is 4. The summed E-state index contributed by atoms with van der Waals surface area (Å²) in [7, 11) is 0. The van der Waals surface area contributed by atoms with E-state index in [-0.39, 0.29) is 6.03 Å². The molecule has 1 aliphatic heterocycles. The number of morpholine rings is 1. The lowest BCUT2D eigenvalue weighted by Crippen LogP contribution is -2.40. The van der Waals surface area contributed by atoms with E-state index < -0.39 is 0 Å². The van der Waals surface area contributed by atoms with Crippen LogP contribution in [0.1, 0.15) is 12.5 Å². The summed E-state index contributed by atoms with van der Waals surface area (Å²) in [5, 5.41) is 10.0. The standard InChI is InChI=1S/C18H26N6O2/c1-15(14-24-7-3-6-22-24)12-20-18(25)21-13-16-4-2-5-19-17(16)23-8-10-26-11-9-23/h2-7,15H,8-14H2,1H3,(H2,20,21,25). The van der Waals surface area contributed by atoms with Crippen molar-refractivity contribution >= 4 is 11.8 Å². The number of carbonyl (C=O) groups excluding carboxylic acids is 1. The molecule has 26 heavy (non-hydrogen) atoms. The van der Waals surface area contributed by atoms with Crippen molar-refractivity contribution in [3.63, 3.8) is 0 Å². The Kier molecular flexibility index (Phi) is 6.43. The van der Waals surface area contributed by atoms with Crippen LogP contribution in [0.25, 0.3) is 0 Å². The van der Waals surface area contributed by atoms with Gasteiger partial charge in [0.25, 0.3) is 0 Å². The monoisotopic (exact) mass is 358 g/mol. The number of aromatic nitrogens is 3. The minimum absolute atomic E-state index is 0.172. The van der Waals surface area contributed by atoms with E-state index in [9.17, 15) is 4.79 Å². The van der Waals surface area contributed by atoms with E-state index >= 15 is 0 Å². The Morgan fingerprint density at radius 2 is 2.12 bits per heavy atom. The Labute approximate surface area is 153 Å². The molecule has 1 saturated heterocycles. The van der Waals surface area contributed by atoms with E-state index in [0.717, 1.165) is 31.0 Å². The Hall–Kier alpha value is -2.61. The molecule has 0 aromatic carbocycles. The Morgan fingerprint density at radius 1 is 1.27 bits per heavy atom. The maximum absolute atomic E-state index is 12.1. The lowest BCUT2D eigenvalue weighted by Gasteiger charge is -2.29. The SMILES string of the molecule is CC(CNC(=O)NCc1cccnc1N1CCOCC1)Cn1cccn1. The van der Waals surface area contributed by atoms with Gasteiger partial charge in [-0.15, -0.1) is 0 Å². The van der Waals surface area contributed by atoms with Crippen molar-refractivity contribution in [1.82, 2.24) is 25.4 Å². The molecule has 0 radical (unpaired) electrons. The molecule has 2 aromatic rings. The van der Waals surface area contributed by atoms with Crippen molar-refractivity contribution in [2.75, 3.05) is 37.7 Å². The van der Waals surface area contributed by atoms with Crippen molar-refractivity contribution in [2.45, 2.75) is 20.0 Å². The van der Waals surface area contributed by atoms with Gasteiger partial charge in [-0.1, -0.05) is 13.0 Å². The number of carbonyl (C=O) groups is 1. The number of urea groups is 1. The van der Waals surface area contributed by atoms with Gasteiger partial charge in [0, 0.05) is 56.9 Å². The predicted molar refractivity (Wildman–Crippen MR) is 98.9 cm³/mol. The van der Waals surface area contributed by atoms with Crippen molar-refractivity contribution < 1.29 is 9.53 Å². The van der Waals surface area contributed by atoms with Gasteiger partial charge < -0.3 is 20.3 Å². The van der Waals surface area contributed by atoms with Gasteiger partial charge in [-0.25, -0.2) is 9.78 Å². The molecule has 2 N–H and O–H groups in total. The molecule has 3 rings (SSSR count). The molecule has 0 saturated carbocycles. The summed E-state index contributed by atoms with van der Waals surface area (Å²) in [6.07, 6.45) is 5.46. The van der Waals surface area contributed by atoms with Gasteiger partial charge in [-0.2, -0.15) is 5.10 Å². The summed E-state index contributed by atoms with van der Waals surface area (Å²) in [4.78, 5) is 18.8. The van der Waals surface area contributed by atoms with Crippen molar-refractivity contribution in [3.05, 3.63) is 42.4 Å². The van der Waals surface area contributed by atoms with E-state index in [1.807, 2.05) is 29.1 Å². The first-order chi connectivity index (χ1) is 12.7. The van der Waals surface area contributed by atoms with Crippen molar-refractivity contribution in [2.24, 2.45) is 5.92 Å². The summed E-state index contributed by atoms with van der Waals surface area (Å²) in [6.45, 7) is 6.95. The molecule has 1 unspecified atom stereocenters. The summed E-state index contributed by atoms with van der Waals surface area (Å²) in [6, 6.07) is 5.62. The van der Waals surface area contributed by atoms with Crippen LogP contribution in [0.3, 0.4) is 0 Å². The zero-order valence-corrected chi connectivity index (χ0v) is 15.1. The van der Waals surface area contributed by atoms with E-state index in [2.05, 4.69) is 32.5 Å². The molecule has 8 nitrogen and oxygen atoms in total. The zero-order chi connectivity index (χ0) is 18.2. The van der Waals surface area contributed by atoms with Crippen molar-refractivity contribution in [1.29, 1.82) is 0 Å². The van der Waals surface area contributed by atoms with Gasteiger partial charge in [0.15, 0.2) is 0 Å².